The summed E-state index contributed by atoms with van der Waals surface area (Å²) in [5.41, 5.74) is 1.19. The molecular weight excluding hydrogens is 366 g/mol. The summed E-state index contributed by atoms with van der Waals surface area (Å²) < 4.78 is 3.04. The third kappa shape index (κ3) is 3.74. The number of piperazine rings is 1. The third-order valence-corrected chi connectivity index (χ3v) is 5.12. The number of rotatable bonds is 4. The SMILES string of the molecule is O=C(c1ccc(Cl)cc1)N1CCN(CCn2nc3ccccn3c2=O)CC1. The van der Waals surface area contributed by atoms with Crippen LogP contribution in [0.1, 0.15) is 10.4 Å². The average Bonchev–Trinajstić information content (AvgIpc) is 3.03. The molecule has 7 nitrogen and oxygen atoms in total. The number of nitrogens with zero attached hydrogens (tertiary/aromatic N) is 5. The van der Waals surface area contributed by atoms with Crippen LogP contribution in [0.15, 0.2) is 53.5 Å². The highest BCUT2D eigenvalue weighted by atomic mass is 35.5. The van der Waals surface area contributed by atoms with E-state index in [4.69, 9.17) is 11.6 Å². The first kappa shape index (κ1) is 17.8. The molecule has 0 spiro atoms. The Kier molecular flexibility index (Phi) is 4.96. The van der Waals surface area contributed by atoms with Crippen molar-refractivity contribution in [1.29, 1.82) is 0 Å². The predicted molar refractivity (Wildman–Crippen MR) is 103 cm³/mol. The van der Waals surface area contributed by atoms with Gasteiger partial charge in [-0.2, -0.15) is 0 Å². The minimum absolute atomic E-state index is 0.0305. The first-order chi connectivity index (χ1) is 13.1. The van der Waals surface area contributed by atoms with E-state index in [-0.39, 0.29) is 11.6 Å². The van der Waals surface area contributed by atoms with Gasteiger partial charge in [-0.25, -0.2) is 9.48 Å². The normalized spacial score (nSPS) is 15.4. The van der Waals surface area contributed by atoms with Gasteiger partial charge in [0.15, 0.2) is 5.65 Å². The topological polar surface area (TPSA) is 62.9 Å². The van der Waals surface area contributed by atoms with Crippen LogP contribution < -0.4 is 5.69 Å². The number of halogens is 1. The molecule has 8 heteroatoms. The molecule has 0 saturated carbocycles. The van der Waals surface area contributed by atoms with Gasteiger partial charge in [0, 0.05) is 49.5 Å². The van der Waals surface area contributed by atoms with E-state index >= 15 is 0 Å². The molecule has 2 aromatic heterocycles. The largest absolute Gasteiger partial charge is 0.350 e. The van der Waals surface area contributed by atoms with Crippen LogP contribution in [0.2, 0.25) is 5.02 Å². The van der Waals surface area contributed by atoms with Crippen molar-refractivity contribution in [3.05, 3.63) is 69.7 Å². The Morgan fingerprint density at radius 3 is 2.44 bits per heavy atom. The Morgan fingerprint density at radius 2 is 1.74 bits per heavy atom. The number of pyridine rings is 1. The predicted octanol–water partition coefficient (Wildman–Crippen LogP) is 1.61. The lowest BCUT2D eigenvalue weighted by molar-refractivity contribution is 0.0631. The van der Waals surface area contributed by atoms with Gasteiger partial charge in [-0.3, -0.25) is 14.1 Å². The van der Waals surface area contributed by atoms with E-state index in [1.165, 1.54) is 4.68 Å². The fourth-order valence-corrected chi connectivity index (χ4v) is 3.43. The quantitative estimate of drug-likeness (QED) is 0.684. The highest BCUT2D eigenvalue weighted by molar-refractivity contribution is 6.30. The van der Waals surface area contributed by atoms with Gasteiger partial charge in [-0.15, -0.1) is 5.10 Å². The maximum Gasteiger partial charge on any atom is 0.350 e. The molecule has 0 N–H and O–H groups in total. The number of hydrogen-bond donors (Lipinski definition) is 0. The lowest BCUT2D eigenvalue weighted by atomic mass is 10.2. The number of aromatic nitrogens is 3. The molecule has 0 unspecified atom stereocenters. The summed E-state index contributed by atoms with van der Waals surface area (Å²) in [5.74, 6) is 0.0305. The molecular formula is C19H20ClN5O2. The van der Waals surface area contributed by atoms with Crippen LogP contribution in [0.4, 0.5) is 0 Å². The minimum Gasteiger partial charge on any atom is -0.336 e. The number of amides is 1. The number of benzene rings is 1. The molecule has 0 radical (unpaired) electrons. The lowest BCUT2D eigenvalue weighted by Gasteiger charge is -2.34. The van der Waals surface area contributed by atoms with E-state index < -0.39 is 0 Å². The fourth-order valence-electron chi connectivity index (χ4n) is 3.30. The number of hydrogen-bond acceptors (Lipinski definition) is 4. The smallest absolute Gasteiger partial charge is 0.336 e. The third-order valence-electron chi connectivity index (χ3n) is 4.87. The van der Waals surface area contributed by atoms with E-state index in [0.29, 0.717) is 35.9 Å². The Labute approximate surface area is 161 Å². The zero-order chi connectivity index (χ0) is 18.8. The van der Waals surface area contributed by atoms with Crippen molar-refractivity contribution in [2.75, 3.05) is 32.7 Å². The van der Waals surface area contributed by atoms with Gasteiger partial charge >= 0.3 is 5.69 Å². The van der Waals surface area contributed by atoms with Gasteiger partial charge in [0.1, 0.15) is 0 Å². The summed E-state index contributed by atoms with van der Waals surface area (Å²) in [4.78, 5) is 29.0. The van der Waals surface area contributed by atoms with E-state index in [0.717, 1.165) is 19.6 Å². The Hall–Kier alpha value is -2.64. The van der Waals surface area contributed by atoms with Gasteiger partial charge in [0.2, 0.25) is 0 Å². The molecule has 0 atom stereocenters. The van der Waals surface area contributed by atoms with Crippen molar-refractivity contribution < 1.29 is 4.79 Å². The molecule has 3 aromatic rings. The molecule has 0 bridgehead atoms. The summed E-state index contributed by atoms with van der Waals surface area (Å²) in [6.07, 6.45) is 1.72. The molecule has 1 aromatic carbocycles. The van der Waals surface area contributed by atoms with Crippen LogP contribution in [0.25, 0.3) is 5.65 Å². The molecule has 3 heterocycles. The highest BCUT2D eigenvalue weighted by Gasteiger charge is 2.22. The molecule has 1 saturated heterocycles. The van der Waals surface area contributed by atoms with Gasteiger partial charge in [0.25, 0.3) is 5.91 Å². The summed E-state index contributed by atoms with van der Waals surface area (Å²) >= 11 is 5.88. The summed E-state index contributed by atoms with van der Waals surface area (Å²) in [7, 11) is 0. The van der Waals surface area contributed by atoms with E-state index in [1.807, 2.05) is 23.1 Å². The van der Waals surface area contributed by atoms with Crippen molar-refractivity contribution in [3.63, 3.8) is 0 Å². The first-order valence-electron chi connectivity index (χ1n) is 8.93. The maximum absolute atomic E-state index is 12.5. The zero-order valence-corrected chi connectivity index (χ0v) is 15.5. The molecule has 27 heavy (non-hydrogen) atoms. The van der Waals surface area contributed by atoms with Crippen LogP contribution >= 0.6 is 11.6 Å². The lowest BCUT2D eigenvalue weighted by Crippen LogP contribution is -2.49. The standard InChI is InChI=1S/C19H20ClN5O2/c20-16-6-4-15(5-7-16)18(26)23-12-9-22(10-13-23)11-14-25-19(27)24-8-2-1-3-17(24)21-25/h1-8H,9-14H2. The van der Waals surface area contributed by atoms with Crippen LogP contribution in [-0.4, -0.2) is 62.6 Å². The van der Waals surface area contributed by atoms with Crippen molar-refractivity contribution in [3.8, 4) is 0 Å². The molecule has 4 rings (SSSR count). The molecule has 1 fully saturated rings. The van der Waals surface area contributed by atoms with Crippen LogP contribution in [0, 0.1) is 0 Å². The van der Waals surface area contributed by atoms with Crippen molar-refractivity contribution in [1.82, 2.24) is 24.0 Å². The molecule has 1 aliphatic heterocycles. The van der Waals surface area contributed by atoms with Gasteiger partial charge < -0.3 is 4.90 Å². The van der Waals surface area contributed by atoms with Gasteiger partial charge in [0.05, 0.1) is 6.54 Å². The Balaban J connectivity index is 1.33. The summed E-state index contributed by atoms with van der Waals surface area (Å²) in [5, 5.41) is 4.98. The van der Waals surface area contributed by atoms with Crippen LogP contribution in [0.3, 0.4) is 0 Å². The number of carbonyl (C=O) groups is 1. The van der Waals surface area contributed by atoms with Gasteiger partial charge in [-0.1, -0.05) is 17.7 Å². The summed E-state index contributed by atoms with van der Waals surface area (Å²) in [6.45, 7) is 4.16. The highest BCUT2D eigenvalue weighted by Crippen LogP contribution is 2.13. The van der Waals surface area contributed by atoms with E-state index in [9.17, 15) is 9.59 Å². The van der Waals surface area contributed by atoms with Crippen molar-refractivity contribution >= 4 is 23.2 Å². The average molecular weight is 386 g/mol. The number of fused-ring (bicyclic) bond motifs is 1. The van der Waals surface area contributed by atoms with Crippen molar-refractivity contribution in [2.24, 2.45) is 0 Å². The minimum atomic E-state index is -0.123. The molecule has 1 aliphatic rings. The van der Waals surface area contributed by atoms with Gasteiger partial charge in [-0.05, 0) is 36.4 Å². The second kappa shape index (κ2) is 7.54. The van der Waals surface area contributed by atoms with Crippen LogP contribution in [-0.2, 0) is 6.54 Å². The maximum atomic E-state index is 12.5. The molecule has 1 amide bonds. The van der Waals surface area contributed by atoms with Crippen LogP contribution in [0.5, 0.6) is 0 Å². The monoisotopic (exact) mass is 385 g/mol. The number of carbonyl (C=O) groups excluding carboxylic acids is 1. The second-order valence-corrected chi connectivity index (χ2v) is 7.01. The second-order valence-electron chi connectivity index (χ2n) is 6.58. The molecule has 140 valence electrons. The van der Waals surface area contributed by atoms with E-state index in [1.54, 1.807) is 34.9 Å². The van der Waals surface area contributed by atoms with E-state index in [2.05, 4.69) is 10.00 Å². The van der Waals surface area contributed by atoms with Crippen molar-refractivity contribution in [2.45, 2.75) is 6.54 Å². The fraction of sp³-hybridized carbons (Fsp3) is 0.316. The Morgan fingerprint density at radius 1 is 1.00 bits per heavy atom. The zero-order valence-electron chi connectivity index (χ0n) is 14.8. The molecule has 0 aliphatic carbocycles. The first-order valence-corrected chi connectivity index (χ1v) is 9.31. The summed E-state index contributed by atoms with van der Waals surface area (Å²) in [6, 6.07) is 12.5. The Bertz CT molecular complexity index is 1000.